The monoisotopic (exact) mass is 446 g/mol. The number of nitrogens with one attached hydrogen (secondary N) is 2. The molecule has 170 valence electrons. The molecule has 0 spiro atoms. The molecule has 0 saturated carbocycles. The van der Waals surface area contributed by atoms with Crippen LogP contribution >= 0.6 is 0 Å². The van der Waals surface area contributed by atoms with Gasteiger partial charge in [-0.25, -0.2) is 0 Å². The van der Waals surface area contributed by atoms with E-state index in [-0.39, 0.29) is 12.0 Å². The molecule has 1 aliphatic heterocycles. The van der Waals surface area contributed by atoms with Crippen LogP contribution in [0.25, 0.3) is 0 Å². The number of fused-ring (bicyclic) bond motifs is 1. The number of rotatable bonds is 8. The maximum atomic E-state index is 6.29. The number of para-hydroxylation sites is 1. The van der Waals surface area contributed by atoms with E-state index in [2.05, 4.69) is 115 Å². The lowest BCUT2D eigenvalue weighted by Gasteiger charge is -2.17. The average molecular weight is 447 g/mol. The number of hydrogen-bond acceptors (Lipinski definition) is 3. The SMILES string of the molecule is CC(/C=C1/Oc2ccccc2C1Nc1ccc(CNCc2ccccc2)cc1)c1ccccc1. The van der Waals surface area contributed by atoms with Gasteiger partial charge in [0.05, 0.1) is 0 Å². The molecule has 34 heavy (non-hydrogen) atoms. The highest BCUT2D eigenvalue weighted by Crippen LogP contribution is 2.42. The second kappa shape index (κ2) is 10.4. The van der Waals surface area contributed by atoms with Crippen LogP contribution in [0.4, 0.5) is 5.69 Å². The average Bonchev–Trinajstić information content (AvgIpc) is 3.23. The topological polar surface area (TPSA) is 33.3 Å². The number of ether oxygens (including phenoxy) is 1. The minimum Gasteiger partial charge on any atom is -0.459 e. The normalized spacial score (nSPS) is 16.6. The van der Waals surface area contributed by atoms with E-state index in [4.69, 9.17) is 4.74 Å². The Morgan fingerprint density at radius 1 is 0.735 bits per heavy atom. The number of allylic oxidation sites excluding steroid dienone is 1. The highest BCUT2D eigenvalue weighted by Gasteiger charge is 2.29. The van der Waals surface area contributed by atoms with Crippen molar-refractivity contribution in [3.05, 3.63) is 143 Å². The molecule has 3 nitrogen and oxygen atoms in total. The summed E-state index contributed by atoms with van der Waals surface area (Å²) in [4.78, 5) is 0. The molecule has 4 aromatic carbocycles. The van der Waals surface area contributed by atoms with Gasteiger partial charge < -0.3 is 15.4 Å². The maximum absolute atomic E-state index is 6.29. The summed E-state index contributed by atoms with van der Waals surface area (Å²) in [5, 5.41) is 7.22. The number of anilines is 1. The van der Waals surface area contributed by atoms with Crippen molar-refractivity contribution in [2.75, 3.05) is 5.32 Å². The van der Waals surface area contributed by atoms with Crippen LogP contribution in [-0.4, -0.2) is 0 Å². The largest absolute Gasteiger partial charge is 0.459 e. The summed E-state index contributed by atoms with van der Waals surface area (Å²) in [7, 11) is 0. The molecular formula is C31H30N2O. The lowest BCUT2D eigenvalue weighted by atomic mass is 9.98. The first-order valence-corrected chi connectivity index (χ1v) is 11.9. The van der Waals surface area contributed by atoms with Gasteiger partial charge in [0, 0.05) is 30.3 Å². The third-order valence-electron chi connectivity index (χ3n) is 6.25. The van der Waals surface area contributed by atoms with Crippen LogP contribution in [0.15, 0.2) is 121 Å². The van der Waals surface area contributed by atoms with Crippen molar-refractivity contribution < 1.29 is 4.74 Å². The molecule has 0 aliphatic carbocycles. The van der Waals surface area contributed by atoms with Gasteiger partial charge in [-0.05, 0) is 41.0 Å². The Balaban J connectivity index is 1.28. The van der Waals surface area contributed by atoms with Crippen molar-refractivity contribution in [3.8, 4) is 5.75 Å². The van der Waals surface area contributed by atoms with Gasteiger partial charge in [-0.1, -0.05) is 97.9 Å². The van der Waals surface area contributed by atoms with Gasteiger partial charge >= 0.3 is 0 Å². The van der Waals surface area contributed by atoms with Crippen LogP contribution in [0.2, 0.25) is 0 Å². The predicted molar refractivity (Wildman–Crippen MR) is 140 cm³/mol. The minimum atomic E-state index is -0.00980. The van der Waals surface area contributed by atoms with Crippen LogP contribution < -0.4 is 15.4 Å². The van der Waals surface area contributed by atoms with Crippen LogP contribution in [-0.2, 0) is 13.1 Å². The molecule has 1 aliphatic rings. The summed E-state index contributed by atoms with van der Waals surface area (Å²) >= 11 is 0. The highest BCUT2D eigenvalue weighted by atomic mass is 16.5. The highest BCUT2D eigenvalue weighted by molar-refractivity contribution is 5.55. The molecule has 0 amide bonds. The quantitative estimate of drug-likeness (QED) is 0.300. The van der Waals surface area contributed by atoms with Gasteiger partial charge in [0.25, 0.3) is 0 Å². The van der Waals surface area contributed by atoms with Crippen molar-refractivity contribution in [1.29, 1.82) is 0 Å². The molecule has 4 aromatic rings. The molecule has 0 radical (unpaired) electrons. The molecule has 0 saturated heterocycles. The van der Waals surface area contributed by atoms with Gasteiger partial charge in [0.15, 0.2) is 0 Å². The third kappa shape index (κ3) is 5.22. The van der Waals surface area contributed by atoms with Crippen LogP contribution in [0.5, 0.6) is 5.75 Å². The van der Waals surface area contributed by atoms with Crippen molar-refractivity contribution in [2.24, 2.45) is 0 Å². The van der Waals surface area contributed by atoms with Crippen molar-refractivity contribution in [1.82, 2.24) is 5.32 Å². The van der Waals surface area contributed by atoms with Crippen LogP contribution in [0.1, 0.15) is 41.1 Å². The molecule has 5 rings (SSSR count). The Morgan fingerprint density at radius 2 is 1.35 bits per heavy atom. The maximum Gasteiger partial charge on any atom is 0.132 e. The van der Waals surface area contributed by atoms with Gasteiger partial charge in [0.1, 0.15) is 17.6 Å². The Labute approximate surface area is 202 Å². The Morgan fingerprint density at radius 3 is 2.09 bits per heavy atom. The van der Waals surface area contributed by atoms with Crippen molar-refractivity contribution >= 4 is 5.69 Å². The van der Waals surface area contributed by atoms with E-state index in [9.17, 15) is 0 Å². The molecule has 2 atom stereocenters. The van der Waals surface area contributed by atoms with Crippen LogP contribution in [0, 0.1) is 0 Å². The third-order valence-corrected chi connectivity index (χ3v) is 6.25. The smallest absolute Gasteiger partial charge is 0.132 e. The zero-order valence-corrected chi connectivity index (χ0v) is 19.4. The van der Waals surface area contributed by atoms with Crippen LogP contribution in [0.3, 0.4) is 0 Å². The summed E-state index contributed by atoms with van der Waals surface area (Å²) < 4.78 is 6.29. The second-order valence-corrected chi connectivity index (χ2v) is 8.77. The fourth-order valence-corrected chi connectivity index (χ4v) is 4.36. The fourth-order valence-electron chi connectivity index (χ4n) is 4.36. The molecule has 2 N–H and O–H groups in total. The molecule has 0 bridgehead atoms. The number of benzene rings is 4. The van der Waals surface area contributed by atoms with Gasteiger partial charge in [-0.15, -0.1) is 0 Å². The lowest BCUT2D eigenvalue weighted by molar-refractivity contribution is 0.429. The van der Waals surface area contributed by atoms with Crippen molar-refractivity contribution in [2.45, 2.75) is 32.0 Å². The van der Waals surface area contributed by atoms with E-state index in [1.165, 1.54) is 22.3 Å². The Kier molecular flexibility index (Phi) is 6.73. The molecular weight excluding hydrogens is 416 g/mol. The molecule has 1 heterocycles. The standard InChI is InChI=1S/C31H30N2O/c1-23(26-12-6-3-7-13-26)20-30-31(28-14-8-9-15-29(28)34-30)33-27-18-16-25(17-19-27)22-32-21-24-10-4-2-5-11-24/h2-20,23,31-33H,21-22H2,1H3/b30-20+. The molecule has 0 fully saturated rings. The molecule has 2 unspecified atom stereocenters. The summed E-state index contributed by atoms with van der Waals surface area (Å²) in [6.07, 6.45) is 2.23. The fraction of sp³-hybridized carbons (Fsp3) is 0.161. The van der Waals surface area contributed by atoms with E-state index in [0.29, 0.717) is 0 Å². The molecule has 0 aromatic heterocycles. The summed E-state index contributed by atoms with van der Waals surface area (Å²) in [5.74, 6) is 2.13. The zero-order chi connectivity index (χ0) is 23.2. The van der Waals surface area contributed by atoms with E-state index in [0.717, 1.165) is 30.3 Å². The minimum absolute atomic E-state index is 0.00980. The van der Waals surface area contributed by atoms with Gasteiger partial charge in [0.2, 0.25) is 0 Å². The van der Waals surface area contributed by atoms with E-state index < -0.39 is 0 Å². The van der Waals surface area contributed by atoms with Crippen molar-refractivity contribution in [3.63, 3.8) is 0 Å². The summed E-state index contributed by atoms with van der Waals surface area (Å²) in [6, 6.07) is 38.0. The summed E-state index contributed by atoms with van der Waals surface area (Å²) in [6.45, 7) is 3.91. The Bertz CT molecular complexity index is 1230. The predicted octanol–water partition coefficient (Wildman–Crippen LogP) is 7.21. The first kappa shape index (κ1) is 22.0. The second-order valence-electron chi connectivity index (χ2n) is 8.77. The van der Waals surface area contributed by atoms with E-state index >= 15 is 0 Å². The zero-order valence-electron chi connectivity index (χ0n) is 19.4. The van der Waals surface area contributed by atoms with E-state index in [1.807, 2.05) is 18.2 Å². The first-order valence-electron chi connectivity index (χ1n) is 11.9. The lowest BCUT2D eigenvalue weighted by Crippen LogP contribution is -2.13. The summed E-state index contributed by atoms with van der Waals surface area (Å²) in [5.41, 5.74) is 6.08. The number of hydrogen-bond donors (Lipinski definition) is 2. The van der Waals surface area contributed by atoms with E-state index in [1.54, 1.807) is 0 Å². The van der Waals surface area contributed by atoms with Gasteiger partial charge in [-0.2, -0.15) is 0 Å². The first-order chi connectivity index (χ1) is 16.8. The van der Waals surface area contributed by atoms with Gasteiger partial charge in [-0.3, -0.25) is 0 Å². The Hall–Kier alpha value is -3.82. The molecule has 3 heteroatoms.